The Labute approximate surface area is 81.9 Å². The van der Waals surface area contributed by atoms with Crippen molar-refractivity contribution in [3.05, 3.63) is 47.7 Å². The van der Waals surface area contributed by atoms with Gasteiger partial charge in [-0.25, -0.2) is 0 Å². The highest BCUT2D eigenvalue weighted by Gasteiger charge is 2.15. The maximum Gasteiger partial charge on any atom is 0.115 e. The molecule has 2 rings (SSSR count). The van der Waals surface area contributed by atoms with Gasteiger partial charge in [-0.1, -0.05) is 0 Å². The maximum atomic E-state index is 9.29. The lowest BCUT2D eigenvalue weighted by Crippen LogP contribution is -2.35. The van der Waals surface area contributed by atoms with Crippen molar-refractivity contribution in [1.29, 1.82) is 0 Å². The number of dihydropyridines is 2. The van der Waals surface area contributed by atoms with Crippen LogP contribution in [0.2, 0.25) is 0 Å². The molecule has 74 valence electrons. The van der Waals surface area contributed by atoms with Crippen molar-refractivity contribution in [1.82, 2.24) is 10.6 Å². The van der Waals surface area contributed by atoms with Crippen LogP contribution in [0.3, 0.4) is 0 Å². The Morgan fingerprint density at radius 3 is 2.86 bits per heavy atom. The first-order chi connectivity index (χ1) is 6.75. The highest BCUT2D eigenvalue weighted by molar-refractivity contribution is 5.32. The fourth-order valence-corrected chi connectivity index (χ4v) is 1.43. The molecule has 0 bridgehead atoms. The Morgan fingerprint density at radius 1 is 1.29 bits per heavy atom. The molecule has 0 spiro atoms. The minimum Gasteiger partial charge on any atom is -0.508 e. The van der Waals surface area contributed by atoms with Gasteiger partial charge >= 0.3 is 0 Å². The van der Waals surface area contributed by atoms with Gasteiger partial charge in [0.25, 0.3) is 0 Å². The standard InChI is InChI=1S/C10H12N2O2/c13-7-1-3-11-9(5-7)10-6-8(14)2-4-12-10/h1-3,5-6,9,11-14H,4H2. The third kappa shape index (κ3) is 1.74. The lowest BCUT2D eigenvalue weighted by atomic mass is 10.1. The van der Waals surface area contributed by atoms with E-state index in [9.17, 15) is 10.2 Å². The highest BCUT2D eigenvalue weighted by Crippen LogP contribution is 2.12. The van der Waals surface area contributed by atoms with Crippen molar-refractivity contribution in [3.8, 4) is 0 Å². The Balaban J connectivity index is 2.16. The van der Waals surface area contributed by atoms with Crippen LogP contribution >= 0.6 is 0 Å². The van der Waals surface area contributed by atoms with E-state index in [4.69, 9.17) is 0 Å². The molecule has 2 aliphatic heterocycles. The molecule has 0 saturated carbocycles. The van der Waals surface area contributed by atoms with Crippen molar-refractivity contribution in [3.63, 3.8) is 0 Å². The van der Waals surface area contributed by atoms with Crippen LogP contribution in [0.1, 0.15) is 0 Å². The summed E-state index contributed by atoms with van der Waals surface area (Å²) in [5, 5.41) is 24.7. The molecule has 0 aromatic carbocycles. The van der Waals surface area contributed by atoms with Crippen LogP contribution in [0.5, 0.6) is 0 Å². The topological polar surface area (TPSA) is 64.5 Å². The molecule has 0 aromatic heterocycles. The number of nitrogens with one attached hydrogen (secondary N) is 2. The van der Waals surface area contributed by atoms with Gasteiger partial charge < -0.3 is 20.8 Å². The summed E-state index contributed by atoms with van der Waals surface area (Å²) in [6.45, 7) is 0.605. The molecule has 0 aliphatic carbocycles. The maximum absolute atomic E-state index is 9.29. The zero-order valence-electron chi connectivity index (χ0n) is 7.57. The second kappa shape index (κ2) is 3.49. The van der Waals surface area contributed by atoms with Crippen LogP contribution in [0, 0.1) is 0 Å². The Hall–Kier alpha value is -1.84. The summed E-state index contributed by atoms with van der Waals surface area (Å²) >= 11 is 0. The molecule has 0 radical (unpaired) electrons. The van der Waals surface area contributed by atoms with Crippen LogP contribution in [0.25, 0.3) is 0 Å². The average Bonchev–Trinajstić information content (AvgIpc) is 2.18. The van der Waals surface area contributed by atoms with Crippen LogP contribution in [-0.4, -0.2) is 22.8 Å². The van der Waals surface area contributed by atoms with E-state index in [0.717, 1.165) is 5.70 Å². The number of hydrogen-bond donors (Lipinski definition) is 4. The number of aliphatic hydroxyl groups excluding tert-OH is 2. The van der Waals surface area contributed by atoms with Gasteiger partial charge in [-0.2, -0.15) is 0 Å². The Bertz CT molecular complexity index is 353. The molecule has 0 fully saturated rings. The van der Waals surface area contributed by atoms with Crippen molar-refractivity contribution < 1.29 is 10.2 Å². The molecule has 0 amide bonds. The molecule has 2 heterocycles. The van der Waals surface area contributed by atoms with Crippen LogP contribution in [-0.2, 0) is 0 Å². The monoisotopic (exact) mass is 192 g/mol. The van der Waals surface area contributed by atoms with Gasteiger partial charge in [-0.05, 0) is 18.2 Å². The van der Waals surface area contributed by atoms with Crippen LogP contribution < -0.4 is 10.6 Å². The van der Waals surface area contributed by atoms with E-state index >= 15 is 0 Å². The van der Waals surface area contributed by atoms with Gasteiger partial charge in [0.2, 0.25) is 0 Å². The third-order valence-corrected chi connectivity index (χ3v) is 2.12. The van der Waals surface area contributed by atoms with E-state index in [2.05, 4.69) is 10.6 Å². The molecule has 4 heteroatoms. The summed E-state index contributed by atoms with van der Waals surface area (Å²) in [6, 6.07) is -0.101. The number of rotatable bonds is 1. The molecule has 2 aliphatic rings. The molecule has 0 aromatic rings. The van der Waals surface area contributed by atoms with E-state index in [1.165, 1.54) is 0 Å². The molecular weight excluding hydrogens is 180 g/mol. The molecule has 4 nitrogen and oxygen atoms in total. The summed E-state index contributed by atoms with van der Waals surface area (Å²) in [4.78, 5) is 0. The normalized spacial score (nSPS) is 25.4. The van der Waals surface area contributed by atoms with E-state index in [0.29, 0.717) is 6.54 Å². The Kier molecular flexibility index (Phi) is 2.18. The van der Waals surface area contributed by atoms with E-state index in [-0.39, 0.29) is 17.6 Å². The molecule has 0 saturated heterocycles. The lowest BCUT2D eigenvalue weighted by Gasteiger charge is -2.23. The number of allylic oxidation sites excluding steroid dienone is 2. The minimum absolute atomic E-state index is 0.101. The van der Waals surface area contributed by atoms with Crippen LogP contribution in [0.4, 0.5) is 0 Å². The van der Waals surface area contributed by atoms with Gasteiger partial charge in [0, 0.05) is 24.5 Å². The van der Waals surface area contributed by atoms with Gasteiger partial charge in [0.1, 0.15) is 11.5 Å². The first-order valence-corrected chi connectivity index (χ1v) is 4.44. The van der Waals surface area contributed by atoms with E-state index < -0.39 is 0 Å². The van der Waals surface area contributed by atoms with Gasteiger partial charge in [0.05, 0.1) is 6.04 Å². The number of aliphatic hydroxyl groups is 2. The summed E-state index contributed by atoms with van der Waals surface area (Å²) in [5.41, 5.74) is 0.848. The summed E-state index contributed by atoms with van der Waals surface area (Å²) < 4.78 is 0. The second-order valence-corrected chi connectivity index (χ2v) is 3.18. The first-order valence-electron chi connectivity index (χ1n) is 4.44. The predicted octanol–water partition coefficient (Wildman–Crippen LogP) is 0.843. The third-order valence-electron chi connectivity index (χ3n) is 2.12. The zero-order chi connectivity index (χ0) is 9.97. The van der Waals surface area contributed by atoms with Crippen LogP contribution in [0.15, 0.2) is 47.7 Å². The second-order valence-electron chi connectivity index (χ2n) is 3.18. The van der Waals surface area contributed by atoms with Crippen molar-refractivity contribution in [2.45, 2.75) is 6.04 Å². The summed E-state index contributed by atoms with van der Waals surface area (Å²) in [6.07, 6.45) is 8.26. The fraction of sp³-hybridized carbons (Fsp3) is 0.200. The highest BCUT2D eigenvalue weighted by atomic mass is 16.3. The average molecular weight is 192 g/mol. The smallest absolute Gasteiger partial charge is 0.115 e. The predicted molar refractivity (Wildman–Crippen MR) is 53.6 cm³/mol. The first kappa shape index (κ1) is 8.74. The van der Waals surface area contributed by atoms with Crippen molar-refractivity contribution in [2.24, 2.45) is 0 Å². The van der Waals surface area contributed by atoms with E-state index in [1.54, 1.807) is 30.5 Å². The quantitative estimate of drug-likeness (QED) is 0.497. The lowest BCUT2D eigenvalue weighted by molar-refractivity contribution is 0.415. The van der Waals surface area contributed by atoms with Gasteiger partial charge in [-0.15, -0.1) is 0 Å². The van der Waals surface area contributed by atoms with Gasteiger partial charge in [-0.3, -0.25) is 0 Å². The SMILES string of the molecule is OC1=CCNC(C2C=C(O)C=CN2)=C1. The van der Waals surface area contributed by atoms with Crippen molar-refractivity contribution in [2.75, 3.05) is 6.54 Å². The summed E-state index contributed by atoms with van der Waals surface area (Å²) in [5.74, 6) is 0.480. The zero-order valence-corrected chi connectivity index (χ0v) is 7.57. The fourth-order valence-electron chi connectivity index (χ4n) is 1.43. The molecular formula is C10H12N2O2. The molecule has 1 atom stereocenters. The minimum atomic E-state index is -0.101. The van der Waals surface area contributed by atoms with Gasteiger partial charge in [0.15, 0.2) is 0 Å². The number of hydrogen-bond acceptors (Lipinski definition) is 4. The van der Waals surface area contributed by atoms with Crippen molar-refractivity contribution >= 4 is 0 Å². The largest absolute Gasteiger partial charge is 0.508 e. The molecule has 4 N–H and O–H groups in total. The summed E-state index contributed by atoms with van der Waals surface area (Å²) in [7, 11) is 0. The molecule has 14 heavy (non-hydrogen) atoms. The van der Waals surface area contributed by atoms with E-state index in [1.807, 2.05) is 0 Å². The Morgan fingerprint density at radius 2 is 2.14 bits per heavy atom. The molecule has 1 unspecified atom stereocenters.